The highest BCUT2D eigenvalue weighted by molar-refractivity contribution is 7.73. The second-order valence-electron chi connectivity index (χ2n) is 5.70. The van der Waals surface area contributed by atoms with Gasteiger partial charge >= 0.3 is 6.03 Å². The van der Waals surface area contributed by atoms with Crippen molar-refractivity contribution in [3.63, 3.8) is 0 Å². The van der Waals surface area contributed by atoms with Gasteiger partial charge in [-0.2, -0.15) is 0 Å². The van der Waals surface area contributed by atoms with Crippen LogP contribution in [0.25, 0.3) is 0 Å². The zero-order valence-corrected chi connectivity index (χ0v) is 15.6. The highest BCUT2D eigenvalue weighted by Crippen LogP contribution is 2.12. The Morgan fingerprint density at radius 1 is 1.31 bits per heavy atom. The van der Waals surface area contributed by atoms with Gasteiger partial charge in [0.05, 0.1) is 13.2 Å². The van der Waals surface area contributed by atoms with Gasteiger partial charge in [-0.3, -0.25) is 15.2 Å². The number of carbonyl (C=O) groups excluding carboxylic acids is 2. The van der Waals surface area contributed by atoms with E-state index in [0.717, 1.165) is 16.9 Å². The second kappa shape index (κ2) is 8.88. The first kappa shape index (κ1) is 18.5. The molecule has 10 heteroatoms. The number of anilines is 1. The Morgan fingerprint density at radius 3 is 2.69 bits per heavy atom. The van der Waals surface area contributed by atoms with Gasteiger partial charge < -0.3 is 15.0 Å². The van der Waals surface area contributed by atoms with Gasteiger partial charge in [0.25, 0.3) is 0 Å². The van der Waals surface area contributed by atoms with E-state index in [1.807, 2.05) is 30.3 Å². The molecule has 1 atom stereocenters. The Kier molecular flexibility index (Phi) is 6.31. The number of H-pyrrole nitrogens is 1. The van der Waals surface area contributed by atoms with E-state index in [2.05, 4.69) is 20.8 Å². The van der Waals surface area contributed by atoms with Crippen LogP contribution in [0.15, 0.2) is 30.3 Å². The van der Waals surface area contributed by atoms with Gasteiger partial charge in [0.15, 0.2) is 3.95 Å². The number of carbonyl (C=O) groups is 2. The first-order valence-corrected chi connectivity index (χ1v) is 9.38. The minimum Gasteiger partial charge on any atom is -0.378 e. The zero-order chi connectivity index (χ0) is 18.4. The summed E-state index contributed by atoms with van der Waals surface area (Å²) in [7, 11) is 0. The number of aromatic nitrogens is 2. The van der Waals surface area contributed by atoms with E-state index < -0.39 is 12.1 Å². The maximum absolute atomic E-state index is 12.9. The summed E-state index contributed by atoms with van der Waals surface area (Å²) in [5, 5.41) is 12.2. The predicted molar refractivity (Wildman–Crippen MR) is 101 cm³/mol. The highest BCUT2D eigenvalue weighted by Gasteiger charge is 2.27. The smallest absolute Gasteiger partial charge is 0.321 e. The Hall–Kier alpha value is -2.30. The molecule has 3 rings (SSSR count). The van der Waals surface area contributed by atoms with Crippen LogP contribution in [-0.4, -0.2) is 59.4 Å². The molecule has 1 aromatic carbocycles. The fourth-order valence-electron chi connectivity index (χ4n) is 2.63. The first-order chi connectivity index (χ1) is 12.6. The molecule has 1 saturated heterocycles. The molecule has 0 bridgehead atoms. The highest BCUT2D eigenvalue weighted by atomic mass is 32.1. The minimum atomic E-state index is -0.678. The Balaban J connectivity index is 1.69. The average molecular weight is 393 g/mol. The van der Waals surface area contributed by atoms with E-state index in [4.69, 9.17) is 17.0 Å². The van der Waals surface area contributed by atoms with E-state index >= 15 is 0 Å². The fourth-order valence-corrected chi connectivity index (χ4v) is 3.41. The van der Waals surface area contributed by atoms with Crippen molar-refractivity contribution in [2.24, 2.45) is 0 Å². The largest absolute Gasteiger partial charge is 0.378 e. The summed E-state index contributed by atoms with van der Waals surface area (Å²) in [6.45, 7) is 2.06. The molecule has 1 unspecified atom stereocenters. The summed E-state index contributed by atoms with van der Waals surface area (Å²) < 4.78 is 5.76. The molecule has 0 spiro atoms. The SMILES string of the molecule is O=C(Nc1n[nH]c(=S)s1)NC(Cc1ccccc1)C(=O)N1CCOCC1. The second-order valence-corrected chi connectivity index (χ2v) is 7.36. The quantitative estimate of drug-likeness (QED) is 0.673. The molecule has 2 heterocycles. The van der Waals surface area contributed by atoms with Crippen LogP contribution in [0.3, 0.4) is 0 Å². The summed E-state index contributed by atoms with van der Waals surface area (Å²) in [6, 6.07) is 8.41. The minimum absolute atomic E-state index is 0.123. The van der Waals surface area contributed by atoms with Crippen LogP contribution >= 0.6 is 23.6 Å². The Bertz CT molecular complexity index is 801. The van der Waals surface area contributed by atoms with Gasteiger partial charge in [-0.25, -0.2) is 4.79 Å². The number of urea groups is 1. The molecule has 0 aliphatic carbocycles. The van der Waals surface area contributed by atoms with Crippen LogP contribution < -0.4 is 10.6 Å². The van der Waals surface area contributed by atoms with Crippen LogP contribution in [0.4, 0.5) is 9.93 Å². The molecule has 1 aliphatic rings. The molecular weight excluding hydrogens is 374 g/mol. The molecule has 26 heavy (non-hydrogen) atoms. The van der Waals surface area contributed by atoms with Crippen LogP contribution in [0.5, 0.6) is 0 Å². The number of amides is 3. The predicted octanol–water partition coefficient (Wildman–Crippen LogP) is 1.79. The maximum Gasteiger partial charge on any atom is 0.321 e. The van der Waals surface area contributed by atoms with Crippen LogP contribution in [0.1, 0.15) is 5.56 Å². The van der Waals surface area contributed by atoms with E-state index in [9.17, 15) is 9.59 Å². The van der Waals surface area contributed by atoms with Crippen molar-refractivity contribution in [3.8, 4) is 0 Å². The van der Waals surface area contributed by atoms with Gasteiger partial charge in [0.1, 0.15) is 6.04 Å². The fraction of sp³-hybridized carbons (Fsp3) is 0.375. The number of hydrogen-bond acceptors (Lipinski definition) is 6. The molecule has 3 amide bonds. The molecule has 1 fully saturated rings. The molecule has 0 saturated carbocycles. The summed E-state index contributed by atoms with van der Waals surface area (Å²) in [5.41, 5.74) is 0.967. The van der Waals surface area contributed by atoms with Gasteiger partial charge in [-0.1, -0.05) is 41.7 Å². The molecule has 3 N–H and O–H groups in total. The summed E-state index contributed by atoms with van der Waals surface area (Å²) in [4.78, 5) is 26.9. The lowest BCUT2D eigenvalue weighted by Crippen LogP contribution is -2.53. The number of nitrogens with zero attached hydrogens (tertiary/aromatic N) is 2. The number of ether oxygens (including phenoxy) is 1. The van der Waals surface area contributed by atoms with Gasteiger partial charge in [-0.15, -0.1) is 5.10 Å². The number of hydrogen-bond donors (Lipinski definition) is 3. The molecule has 0 radical (unpaired) electrons. The molecule has 8 nitrogen and oxygen atoms in total. The third-order valence-electron chi connectivity index (χ3n) is 3.87. The topological polar surface area (TPSA) is 99.3 Å². The lowest BCUT2D eigenvalue weighted by Gasteiger charge is -2.30. The number of rotatable bonds is 5. The van der Waals surface area contributed by atoms with Crippen molar-refractivity contribution < 1.29 is 14.3 Å². The lowest BCUT2D eigenvalue weighted by molar-refractivity contribution is -0.137. The summed E-state index contributed by atoms with van der Waals surface area (Å²) in [5.74, 6) is -0.123. The van der Waals surface area contributed by atoms with Gasteiger partial charge in [-0.05, 0) is 17.8 Å². The summed E-state index contributed by atoms with van der Waals surface area (Å²) >= 11 is 6.09. The van der Waals surface area contributed by atoms with Gasteiger partial charge in [0.2, 0.25) is 11.0 Å². The number of benzene rings is 1. The van der Waals surface area contributed by atoms with Crippen molar-refractivity contribution in [1.82, 2.24) is 20.4 Å². The zero-order valence-electron chi connectivity index (χ0n) is 13.9. The van der Waals surface area contributed by atoms with E-state index in [-0.39, 0.29) is 5.91 Å². The lowest BCUT2D eigenvalue weighted by atomic mass is 10.0. The maximum atomic E-state index is 12.9. The third-order valence-corrected chi connectivity index (χ3v) is 4.87. The molecule has 138 valence electrons. The van der Waals surface area contributed by atoms with E-state index in [0.29, 0.717) is 41.8 Å². The Morgan fingerprint density at radius 2 is 2.04 bits per heavy atom. The van der Waals surface area contributed by atoms with Crippen molar-refractivity contribution in [2.45, 2.75) is 12.5 Å². The van der Waals surface area contributed by atoms with Gasteiger partial charge in [0, 0.05) is 19.5 Å². The first-order valence-electron chi connectivity index (χ1n) is 8.15. The van der Waals surface area contributed by atoms with Crippen LogP contribution in [0.2, 0.25) is 0 Å². The standard InChI is InChI=1S/C16H19N5O3S2/c22-13(21-6-8-24-9-7-21)12(10-11-4-2-1-3-5-11)17-14(23)18-15-19-20-16(25)26-15/h1-5,12H,6-10H2,(H,20,25)(H2,17,18,19,23). The molecule has 1 aromatic heterocycles. The molecular formula is C16H19N5O3S2. The monoisotopic (exact) mass is 393 g/mol. The van der Waals surface area contributed by atoms with E-state index in [1.54, 1.807) is 4.90 Å². The van der Waals surface area contributed by atoms with Crippen molar-refractivity contribution >= 4 is 40.6 Å². The van der Waals surface area contributed by atoms with Crippen molar-refractivity contribution in [2.75, 3.05) is 31.6 Å². The number of morpholine rings is 1. The van der Waals surface area contributed by atoms with E-state index in [1.165, 1.54) is 0 Å². The van der Waals surface area contributed by atoms with Crippen LogP contribution in [-0.2, 0) is 16.0 Å². The third kappa shape index (κ3) is 5.10. The Labute approximate surface area is 159 Å². The number of aromatic amines is 1. The normalized spacial score (nSPS) is 15.3. The van der Waals surface area contributed by atoms with Crippen molar-refractivity contribution in [3.05, 3.63) is 39.8 Å². The number of nitrogens with one attached hydrogen (secondary N) is 3. The molecule has 2 aromatic rings. The van der Waals surface area contributed by atoms with Crippen LogP contribution in [0, 0.1) is 3.95 Å². The molecule has 1 aliphatic heterocycles. The summed E-state index contributed by atoms with van der Waals surface area (Å²) in [6.07, 6.45) is 0.404. The van der Waals surface area contributed by atoms with Crippen molar-refractivity contribution in [1.29, 1.82) is 0 Å². The average Bonchev–Trinajstić information content (AvgIpc) is 3.06.